The van der Waals surface area contributed by atoms with Crippen LogP contribution >= 0.6 is 27.5 Å². The number of halogens is 2. The Balaban J connectivity index is 2.49. The van der Waals surface area contributed by atoms with Crippen LogP contribution in [0.15, 0.2) is 33.4 Å². The molecule has 0 bridgehead atoms. The van der Waals surface area contributed by atoms with Crippen LogP contribution in [-0.4, -0.2) is 4.98 Å². The fraction of sp³-hybridized carbons (Fsp3) is 0.182. The number of oxazole rings is 1. The van der Waals surface area contributed by atoms with Gasteiger partial charge in [-0.15, -0.1) is 11.6 Å². The molecule has 0 aliphatic heterocycles. The fourth-order valence-corrected chi connectivity index (χ4v) is 1.86. The molecule has 0 aliphatic carbocycles. The highest BCUT2D eigenvalue weighted by molar-refractivity contribution is 9.10. The van der Waals surface area contributed by atoms with Crippen molar-refractivity contribution in [1.29, 1.82) is 0 Å². The molecule has 0 amide bonds. The molecule has 1 aromatic carbocycles. The summed E-state index contributed by atoms with van der Waals surface area (Å²) in [5.41, 5.74) is 2.85. The first kappa shape index (κ1) is 10.7. The summed E-state index contributed by atoms with van der Waals surface area (Å²) in [7, 11) is 0. The van der Waals surface area contributed by atoms with E-state index in [4.69, 9.17) is 16.0 Å². The Morgan fingerprint density at radius 1 is 1.47 bits per heavy atom. The minimum Gasteiger partial charge on any atom is -0.444 e. The second-order valence-electron chi connectivity index (χ2n) is 3.21. The van der Waals surface area contributed by atoms with Crippen molar-refractivity contribution in [2.24, 2.45) is 0 Å². The quantitative estimate of drug-likeness (QED) is 0.775. The van der Waals surface area contributed by atoms with E-state index in [2.05, 4.69) is 20.9 Å². The fourth-order valence-electron chi connectivity index (χ4n) is 1.30. The van der Waals surface area contributed by atoms with Gasteiger partial charge in [0, 0.05) is 4.47 Å². The number of nitrogens with zero attached hydrogens (tertiary/aromatic N) is 1. The van der Waals surface area contributed by atoms with Crippen LogP contribution in [0.2, 0.25) is 0 Å². The van der Waals surface area contributed by atoms with Crippen molar-refractivity contribution in [3.05, 3.63) is 40.2 Å². The third-order valence-electron chi connectivity index (χ3n) is 2.11. The highest BCUT2D eigenvalue weighted by atomic mass is 79.9. The van der Waals surface area contributed by atoms with Gasteiger partial charge in [-0.2, -0.15) is 0 Å². The van der Waals surface area contributed by atoms with Crippen molar-refractivity contribution in [3.63, 3.8) is 0 Å². The lowest BCUT2D eigenvalue weighted by Gasteiger charge is -2.02. The number of benzene rings is 1. The SMILES string of the molecule is Cc1cccc(-c2nc(CCl)co2)c1Br. The molecule has 4 heteroatoms. The first-order valence-electron chi connectivity index (χ1n) is 4.48. The predicted octanol–water partition coefficient (Wildman–Crippen LogP) is 4.15. The van der Waals surface area contributed by atoms with Crippen LogP contribution in [0.25, 0.3) is 11.5 Å². The molecule has 1 aromatic heterocycles. The van der Waals surface area contributed by atoms with Gasteiger partial charge in [0.05, 0.1) is 17.1 Å². The van der Waals surface area contributed by atoms with Crippen molar-refractivity contribution >= 4 is 27.5 Å². The summed E-state index contributed by atoms with van der Waals surface area (Å²) in [6.07, 6.45) is 1.58. The zero-order valence-electron chi connectivity index (χ0n) is 8.13. The second kappa shape index (κ2) is 4.37. The summed E-state index contributed by atoms with van der Waals surface area (Å²) in [4.78, 5) is 4.27. The van der Waals surface area contributed by atoms with E-state index in [0.29, 0.717) is 11.8 Å². The monoisotopic (exact) mass is 285 g/mol. The summed E-state index contributed by atoms with van der Waals surface area (Å²) >= 11 is 9.18. The van der Waals surface area contributed by atoms with Gasteiger partial charge in [0.15, 0.2) is 0 Å². The first-order valence-corrected chi connectivity index (χ1v) is 5.81. The molecule has 0 fully saturated rings. The van der Waals surface area contributed by atoms with Crippen LogP contribution in [-0.2, 0) is 5.88 Å². The highest BCUT2D eigenvalue weighted by Gasteiger charge is 2.10. The summed E-state index contributed by atoms with van der Waals surface area (Å²) in [5, 5.41) is 0. The Morgan fingerprint density at radius 3 is 2.93 bits per heavy atom. The molecule has 0 radical (unpaired) electrons. The van der Waals surface area contributed by atoms with E-state index in [1.807, 2.05) is 25.1 Å². The number of hydrogen-bond donors (Lipinski definition) is 0. The van der Waals surface area contributed by atoms with Crippen LogP contribution in [0, 0.1) is 6.92 Å². The molecule has 0 saturated carbocycles. The van der Waals surface area contributed by atoms with E-state index in [1.165, 1.54) is 0 Å². The third kappa shape index (κ3) is 2.08. The van der Waals surface area contributed by atoms with E-state index in [9.17, 15) is 0 Å². The Labute approximate surface area is 101 Å². The standard InChI is InChI=1S/C11H9BrClNO/c1-7-3-2-4-9(10(7)12)11-14-8(5-13)6-15-11/h2-4,6H,5H2,1H3. The molecule has 0 unspecified atom stereocenters. The summed E-state index contributed by atoms with van der Waals surface area (Å²) in [6.45, 7) is 2.03. The zero-order chi connectivity index (χ0) is 10.8. The van der Waals surface area contributed by atoms with Gasteiger partial charge in [-0.3, -0.25) is 0 Å². The molecule has 15 heavy (non-hydrogen) atoms. The largest absolute Gasteiger partial charge is 0.444 e. The average Bonchev–Trinajstić information content (AvgIpc) is 2.70. The smallest absolute Gasteiger partial charge is 0.227 e. The van der Waals surface area contributed by atoms with Gasteiger partial charge >= 0.3 is 0 Å². The number of hydrogen-bond acceptors (Lipinski definition) is 2. The Hall–Kier alpha value is -0.800. The molecule has 2 rings (SSSR count). The Bertz CT molecular complexity index is 481. The maximum Gasteiger partial charge on any atom is 0.227 e. The van der Waals surface area contributed by atoms with Gasteiger partial charge in [0.2, 0.25) is 5.89 Å². The van der Waals surface area contributed by atoms with E-state index < -0.39 is 0 Å². The van der Waals surface area contributed by atoms with Gasteiger partial charge < -0.3 is 4.42 Å². The molecular weight excluding hydrogens is 277 g/mol. The number of rotatable bonds is 2. The molecule has 78 valence electrons. The average molecular weight is 287 g/mol. The van der Waals surface area contributed by atoms with Gasteiger partial charge in [-0.1, -0.05) is 12.1 Å². The molecule has 0 atom stereocenters. The number of aryl methyl sites for hydroxylation is 1. The molecule has 0 saturated heterocycles. The molecule has 2 aromatic rings. The topological polar surface area (TPSA) is 26.0 Å². The van der Waals surface area contributed by atoms with E-state index in [0.717, 1.165) is 21.3 Å². The van der Waals surface area contributed by atoms with Crippen molar-refractivity contribution in [1.82, 2.24) is 4.98 Å². The molecule has 1 heterocycles. The van der Waals surface area contributed by atoms with Gasteiger partial charge in [0.1, 0.15) is 6.26 Å². The second-order valence-corrected chi connectivity index (χ2v) is 4.27. The number of aromatic nitrogens is 1. The van der Waals surface area contributed by atoms with E-state index in [-0.39, 0.29) is 0 Å². The summed E-state index contributed by atoms with van der Waals surface area (Å²) in [6, 6.07) is 5.96. The zero-order valence-corrected chi connectivity index (χ0v) is 10.5. The first-order chi connectivity index (χ1) is 7.22. The highest BCUT2D eigenvalue weighted by Crippen LogP contribution is 2.30. The summed E-state index contributed by atoms with van der Waals surface area (Å²) in [5.74, 6) is 0.966. The lowest BCUT2D eigenvalue weighted by Crippen LogP contribution is -1.84. The minimum absolute atomic E-state index is 0.368. The van der Waals surface area contributed by atoms with Crippen LogP contribution in [0.1, 0.15) is 11.3 Å². The van der Waals surface area contributed by atoms with Crippen LogP contribution in [0.4, 0.5) is 0 Å². The van der Waals surface area contributed by atoms with Crippen molar-refractivity contribution in [3.8, 4) is 11.5 Å². The molecule has 0 aliphatic rings. The Kier molecular flexibility index (Phi) is 3.12. The third-order valence-corrected chi connectivity index (χ3v) is 3.44. The van der Waals surface area contributed by atoms with Crippen molar-refractivity contribution in [2.75, 3.05) is 0 Å². The summed E-state index contributed by atoms with van der Waals surface area (Å²) < 4.78 is 6.36. The normalized spacial score (nSPS) is 10.6. The lowest BCUT2D eigenvalue weighted by atomic mass is 10.1. The van der Waals surface area contributed by atoms with E-state index in [1.54, 1.807) is 6.26 Å². The molecule has 0 N–H and O–H groups in total. The molecule has 2 nitrogen and oxygen atoms in total. The molecular formula is C11H9BrClNO. The van der Waals surface area contributed by atoms with Gasteiger partial charge in [-0.05, 0) is 34.5 Å². The minimum atomic E-state index is 0.368. The van der Waals surface area contributed by atoms with Crippen molar-refractivity contribution in [2.45, 2.75) is 12.8 Å². The number of alkyl halides is 1. The van der Waals surface area contributed by atoms with E-state index >= 15 is 0 Å². The maximum absolute atomic E-state index is 5.66. The maximum atomic E-state index is 5.66. The Morgan fingerprint density at radius 2 is 2.27 bits per heavy atom. The van der Waals surface area contributed by atoms with Gasteiger partial charge in [-0.25, -0.2) is 4.98 Å². The van der Waals surface area contributed by atoms with Crippen LogP contribution in [0.5, 0.6) is 0 Å². The predicted molar refractivity (Wildman–Crippen MR) is 63.9 cm³/mol. The van der Waals surface area contributed by atoms with Crippen LogP contribution < -0.4 is 0 Å². The van der Waals surface area contributed by atoms with Crippen LogP contribution in [0.3, 0.4) is 0 Å². The lowest BCUT2D eigenvalue weighted by molar-refractivity contribution is 0.573. The van der Waals surface area contributed by atoms with Gasteiger partial charge in [0.25, 0.3) is 0 Å². The van der Waals surface area contributed by atoms with Crippen molar-refractivity contribution < 1.29 is 4.42 Å². The molecule has 0 spiro atoms.